The van der Waals surface area contributed by atoms with E-state index in [1.54, 1.807) is 4.90 Å². The largest absolute Gasteiger partial charge is 0.349 e. The van der Waals surface area contributed by atoms with Gasteiger partial charge in [-0.05, 0) is 38.2 Å². The first-order chi connectivity index (χ1) is 11.9. The Labute approximate surface area is 151 Å². The smallest absolute Gasteiger partial charge is 0.317 e. The molecule has 1 saturated heterocycles. The number of benzene rings is 1. The van der Waals surface area contributed by atoms with E-state index in [0.717, 1.165) is 18.4 Å². The number of likely N-dealkylation sites (tertiary alicyclic amines) is 1. The van der Waals surface area contributed by atoms with Crippen LogP contribution in [0.5, 0.6) is 0 Å². The molecule has 3 amide bonds. The zero-order chi connectivity index (χ0) is 18.4. The Balaban J connectivity index is 2.00. The van der Waals surface area contributed by atoms with Crippen LogP contribution in [0.3, 0.4) is 0 Å². The molecule has 0 bridgehead atoms. The fourth-order valence-electron chi connectivity index (χ4n) is 3.28. The molecule has 1 aliphatic rings. The van der Waals surface area contributed by atoms with Gasteiger partial charge in [-0.25, -0.2) is 4.79 Å². The second-order valence-corrected chi connectivity index (χ2v) is 7.53. The highest BCUT2D eigenvalue weighted by Crippen LogP contribution is 2.24. The van der Waals surface area contributed by atoms with Crippen molar-refractivity contribution in [3.8, 4) is 0 Å². The number of rotatable bonds is 5. The van der Waals surface area contributed by atoms with Crippen LogP contribution in [-0.4, -0.2) is 36.0 Å². The number of nitrogens with one attached hydrogen (secondary N) is 2. The number of hydrogen-bond acceptors (Lipinski definition) is 2. The predicted octanol–water partition coefficient (Wildman–Crippen LogP) is 3.33. The standard InChI is InChI=1S/C20H31N3O2/c1-14(2)18(16-9-6-5-7-10-16)22-19(24)17-11-8-12-23(13-17)20(25)21-15(3)4/h5-7,9-10,14-15,17-18H,8,11-13H2,1-4H3,(H,21,25)(H,22,24)/t17-,18+/m0/s1. The highest BCUT2D eigenvalue weighted by Gasteiger charge is 2.30. The maximum atomic E-state index is 12.8. The van der Waals surface area contributed by atoms with E-state index in [1.807, 2.05) is 44.2 Å². The zero-order valence-corrected chi connectivity index (χ0v) is 15.8. The molecule has 0 saturated carbocycles. The molecule has 0 aromatic heterocycles. The number of urea groups is 1. The second kappa shape index (κ2) is 8.88. The van der Waals surface area contributed by atoms with Crippen LogP contribution in [0.2, 0.25) is 0 Å². The lowest BCUT2D eigenvalue weighted by Crippen LogP contribution is -2.50. The molecule has 2 atom stereocenters. The summed E-state index contributed by atoms with van der Waals surface area (Å²) in [6, 6.07) is 10.1. The van der Waals surface area contributed by atoms with Gasteiger partial charge in [0.05, 0.1) is 12.0 Å². The van der Waals surface area contributed by atoms with Crippen LogP contribution in [0.25, 0.3) is 0 Å². The predicted molar refractivity (Wildman–Crippen MR) is 100 cm³/mol. The van der Waals surface area contributed by atoms with E-state index in [-0.39, 0.29) is 29.9 Å². The van der Waals surface area contributed by atoms with E-state index in [4.69, 9.17) is 0 Å². The van der Waals surface area contributed by atoms with E-state index in [0.29, 0.717) is 19.0 Å². The maximum Gasteiger partial charge on any atom is 0.317 e. The van der Waals surface area contributed by atoms with Crippen LogP contribution >= 0.6 is 0 Å². The molecule has 1 fully saturated rings. The van der Waals surface area contributed by atoms with Crippen molar-refractivity contribution in [1.29, 1.82) is 0 Å². The molecule has 138 valence electrons. The van der Waals surface area contributed by atoms with Crippen LogP contribution in [0, 0.1) is 11.8 Å². The van der Waals surface area contributed by atoms with Crippen LogP contribution < -0.4 is 10.6 Å². The SMILES string of the molecule is CC(C)NC(=O)N1CCC[C@H](C(=O)N[C@@H](c2ccccc2)C(C)C)C1. The highest BCUT2D eigenvalue weighted by atomic mass is 16.2. The van der Waals surface area contributed by atoms with Gasteiger partial charge in [-0.15, -0.1) is 0 Å². The van der Waals surface area contributed by atoms with E-state index in [1.165, 1.54) is 0 Å². The van der Waals surface area contributed by atoms with Crippen molar-refractivity contribution in [2.24, 2.45) is 11.8 Å². The van der Waals surface area contributed by atoms with Gasteiger partial charge in [0.15, 0.2) is 0 Å². The minimum absolute atomic E-state index is 0.00596. The lowest BCUT2D eigenvalue weighted by atomic mass is 9.93. The third-order valence-electron chi connectivity index (χ3n) is 4.61. The molecule has 0 aliphatic carbocycles. The molecule has 1 aliphatic heterocycles. The van der Waals surface area contributed by atoms with Gasteiger partial charge in [-0.3, -0.25) is 4.79 Å². The first-order valence-corrected chi connectivity index (χ1v) is 9.29. The van der Waals surface area contributed by atoms with Gasteiger partial charge in [-0.1, -0.05) is 44.2 Å². The van der Waals surface area contributed by atoms with Crippen molar-refractivity contribution in [3.63, 3.8) is 0 Å². The monoisotopic (exact) mass is 345 g/mol. The molecule has 1 heterocycles. The van der Waals surface area contributed by atoms with Gasteiger partial charge in [0.2, 0.25) is 5.91 Å². The molecule has 2 rings (SSSR count). The van der Waals surface area contributed by atoms with Crippen molar-refractivity contribution >= 4 is 11.9 Å². The molecular formula is C20H31N3O2. The molecular weight excluding hydrogens is 314 g/mol. The van der Waals surface area contributed by atoms with Gasteiger partial charge in [0, 0.05) is 19.1 Å². The van der Waals surface area contributed by atoms with Crippen molar-refractivity contribution in [3.05, 3.63) is 35.9 Å². The average molecular weight is 345 g/mol. The third kappa shape index (κ3) is 5.48. The van der Waals surface area contributed by atoms with E-state index >= 15 is 0 Å². The fraction of sp³-hybridized carbons (Fsp3) is 0.600. The third-order valence-corrected chi connectivity index (χ3v) is 4.61. The minimum Gasteiger partial charge on any atom is -0.349 e. The Morgan fingerprint density at radius 3 is 2.36 bits per heavy atom. The number of piperidine rings is 1. The summed E-state index contributed by atoms with van der Waals surface area (Å²) in [7, 11) is 0. The lowest BCUT2D eigenvalue weighted by molar-refractivity contribution is -0.127. The molecule has 0 spiro atoms. The molecule has 1 aromatic carbocycles. The summed E-state index contributed by atoms with van der Waals surface area (Å²) in [4.78, 5) is 26.8. The number of carbonyl (C=O) groups is 2. The summed E-state index contributed by atoms with van der Waals surface area (Å²) < 4.78 is 0. The molecule has 5 nitrogen and oxygen atoms in total. The van der Waals surface area contributed by atoms with Crippen molar-refractivity contribution in [2.75, 3.05) is 13.1 Å². The van der Waals surface area contributed by atoms with Crippen molar-refractivity contribution in [2.45, 2.75) is 52.6 Å². The highest BCUT2D eigenvalue weighted by molar-refractivity contribution is 5.81. The molecule has 25 heavy (non-hydrogen) atoms. The maximum absolute atomic E-state index is 12.8. The Morgan fingerprint density at radius 1 is 1.08 bits per heavy atom. The van der Waals surface area contributed by atoms with Crippen molar-refractivity contribution in [1.82, 2.24) is 15.5 Å². The number of carbonyl (C=O) groups excluding carboxylic acids is 2. The molecule has 5 heteroatoms. The summed E-state index contributed by atoms with van der Waals surface area (Å²) in [6.45, 7) is 9.32. The van der Waals surface area contributed by atoms with Gasteiger partial charge in [0.25, 0.3) is 0 Å². The van der Waals surface area contributed by atoms with Crippen LogP contribution in [-0.2, 0) is 4.79 Å². The van der Waals surface area contributed by atoms with E-state index < -0.39 is 0 Å². The van der Waals surface area contributed by atoms with Crippen molar-refractivity contribution < 1.29 is 9.59 Å². The topological polar surface area (TPSA) is 61.4 Å². The van der Waals surface area contributed by atoms with Crippen LogP contribution in [0.4, 0.5) is 4.79 Å². The summed E-state index contributed by atoms with van der Waals surface area (Å²) in [5.74, 6) is 0.205. The summed E-state index contributed by atoms with van der Waals surface area (Å²) in [5, 5.41) is 6.12. The summed E-state index contributed by atoms with van der Waals surface area (Å²) in [5.41, 5.74) is 1.12. The van der Waals surface area contributed by atoms with Gasteiger partial charge >= 0.3 is 6.03 Å². The Hall–Kier alpha value is -2.04. The Kier molecular flexibility index (Phi) is 6.85. The number of nitrogens with zero attached hydrogens (tertiary/aromatic N) is 1. The molecule has 0 radical (unpaired) electrons. The Bertz CT molecular complexity index is 572. The van der Waals surface area contributed by atoms with Gasteiger partial charge in [0.1, 0.15) is 0 Å². The quantitative estimate of drug-likeness (QED) is 0.860. The normalized spacial score (nSPS) is 19.0. The van der Waals surface area contributed by atoms with Gasteiger partial charge < -0.3 is 15.5 Å². The van der Waals surface area contributed by atoms with Crippen LogP contribution in [0.15, 0.2) is 30.3 Å². The van der Waals surface area contributed by atoms with Gasteiger partial charge in [-0.2, -0.15) is 0 Å². The zero-order valence-electron chi connectivity index (χ0n) is 15.8. The van der Waals surface area contributed by atoms with E-state index in [9.17, 15) is 9.59 Å². The first kappa shape index (κ1) is 19.3. The lowest BCUT2D eigenvalue weighted by Gasteiger charge is -2.34. The summed E-state index contributed by atoms with van der Waals surface area (Å²) in [6.07, 6.45) is 1.69. The number of amides is 3. The molecule has 0 unspecified atom stereocenters. The van der Waals surface area contributed by atoms with Crippen LogP contribution in [0.1, 0.15) is 52.1 Å². The molecule has 1 aromatic rings. The Morgan fingerprint density at radius 2 is 1.76 bits per heavy atom. The second-order valence-electron chi connectivity index (χ2n) is 7.53. The minimum atomic E-state index is -0.142. The molecule has 2 N–H and O–H groups in total. The van der Waals surface area contributed by atoms with E-state index in [2.05, 4.69) is 24.5 Å². The number of hydrogen-bond donors (Lipinski definition) is 2. The fourth-order valence-corrected chi connectivity index (χ4v) is 3.28. The average Bonchev–Trinajstić information content (AvgIpc) is 2.59. The first-order valence-electron chi connectivity index (χ1n) is 9.29. The summed E-state index contributed by atoms with van der Waals surface area (Å²) >= 11 is 0.